The van der Waals surface area contributed by atoms with Gasteiger partial charge in [-0.25, -0.2) is 0 Å². The molecule has 0 radical (unpaired) electrons. The van der Waals surface area contributed by atoms with Gasteiger partial charge in [0, 0.05) is 18.6 Å². The molecule has 0 amide bonds. The molecule has 1 fully saturated rings. The third-order valence-electron chi connectivity index (χ3n) is 6.48. The van der Waals surface area contributed by atoms with E-state index in [0.29, 0.717) is 6.42 Å². The number of hydrogen-bond donors (Lipinski definition) is 3. The Morgan fingerprint density at radius 3 is 2.17 bits per heavy atom. The van der Waals surface area contributed by atoms with Crippen LogP contribution < -0.4 is 5.32 Å². The number of hydrogen-bond acceptors (Lipinski definition) is 3. The monoisotopic (exact) mass is 383 g/mol. The Labute approximate surface area is 170 Å². The maximum atomic E-state index is 10.4. The van der Waals surface area contributed by atoms with Crippen molar-refractivity contribution in [1.82, 2.24) is 5.32 Å². The Morgan fingerprint density at radius 2 is 1.45 bits per heavy atom. The molecule has 3 atom stereocenters. The number of aliphatic hydroxyl groups is 2. The highest BCUT2D eigenvalue weighted by Gasteiger charge is 2.46. The van der Waals surface area contributed by atoms with Gasteiger partial charge in [-0.2, -0.15) is 0 Å². The number of nitrogens with one attached hydrogen (secondary N) is 1. The zero-order valence-corrected chi connectivity index (χ0v) is 16.3. The molecule has 146 valence electrons. The molecule has 4 aromatic rings. The van der Waals surface area contributed by atoms with Crippen molar-refractivity contribution in [3.05, 3.63) is 96.1 Å². The minimum atomic E-state index is -0.550. The van der Waals surface area contributed by atoms with Gasteiger partial charge in [0.25, 0.3) is 0 Å². The summed E-state index contributed by atoms with van der Waals surface area (Å²) in [6.07, 6.45) is 0.690. The fourth-order valence-corrected chi connectivity index (χ4v) is 5.04. The normalized spacial score (nSPS) is 24.3. The van der Waals surface area contributed by atoms with Crippen molar-refractivity contribution in [2.45, 2.75) is 18.0 Å². The highest BCUT2D eigenvalue weighted by Crippen LogP contribution is 2.45. The minimum Gasteiger partial charge on any atom is -0.396 e. The summed E-state index contributed by atoms with van der Waals surface area (Å²) < 4.78 is 0. The summed E-state index contributed by atoms with van der Waals surface area (Å²) in [4.78, 5) is 0. The average molecular weight is 383 g/mol. The molecule has 0 aromatic heterocycles. The fourth-order valence-electron chi connectivity index (χ4n) is 5.04. The van der Waals surface area contributed by atoms with Crippen LogP contribution in [0.4, 0.5) is 0 Å². The van der Waals surface area contributed by atoms with Crippen LogP contribution >= 0.6 is 0 Å². The van der Waals surface area contributed by atoms with Gasteiger partial charge in [-0.1, -0.05) is 78.9 Å². The second kappa shape index (κ2) is 7.27. The molecule has 1 saturated heterocycles. The van der Waals surface area contributed by atoms with Crippen LogP contribution in [0.3, 0.4) is 0 Å². The van der Waals surface area contributed by atoms with Crippen LogP contribution in [-0.2, 0) is 5.54 Å². The van der Waals surface area contributed by atoms with Crippen molar-refractivity contribution in [3.8, 4) is 0 Å². The number of rotatable bonds is 4. The van der Waals surface area contributed by atoms with Crippen molar-refractivity contribution >= 4 is 21.5 Å². The number of aliphatic hydroxyl groups excluding tert-OH is 2. The van der Waals surface area contributed by atoms with Crippen molar-refractivity contribution in [1.29, 1.82) is 0 Å². The Kier molecular flexibility index (Phi) is 4.59. The van der Waals surface area contributed by atoms with E-state index in [-0.39, 0.29) is 25.2 Å². The van der Waals surface area contributed by atoms with E-state index in [9.17, 15) is 10.2 Å². The van der Waals surface area contributed by atoms with Crippen LogP contribution in [0.25, 0.3) is 21.5 Å². The Morgan fingerprint density at radius 1 is 0.793 bits per heavy atom. The third-order valence-corrected chi connectivity index (χ3v) is 6.48. The number of fused-ring (bicyclic) bond motifs is 3. The lowest BCUT2D eigenvalue weighted by molar-refractivity contribution is 0.166. The molecule has 3 heteroatoms. The lowest BCUT2D eigenvalue weighted by Gasteiger charge is -2.29. The topological polar surface area (TPSA) is 52.5 Å². The van der Waals surface area contributed by atoms with E-state index in [1.54, 1.807) is 0 Å². The second-order valence-corrected chi connectivity index (χ2v) is 8.11. The third kappa shape index (κ3) is 2.94. The fraction of sp³-hybridized carbons (Fsp3) is 0.231. The Bertz CT molecular complexity index is 1160. The SMILES string of the molecule is OC[C@H]1C[C@](CO)(c2ccccc2)N[C@H]1c1cc2ccccc2c2ccccc12. The summed E-state index contributed by atoms with van der Waals surface area (Å²) in [5, 5.41) is 29.2. The van der Waals surface area contributed by atoms with Crippen LogP contribution in [0.2, 0.25) is 0 Å². The first-order chi connectivity index (χ1) is 14.3. The van der Waals surface area contributed by atoms with Crippen LogP contribution in [-0.4, -0.2) is 23.4 Å². The van der Waals surface area contributed by atoms with Gasteiger partial charge in [0.15, 0.2) is 0 Å². The second-order valence-electron chi connectivity index (χ2n) is 8.11. The van der Waals surface area contributed by atoms with E-state index in [1.807, 2.05) is 18.2 Å². The van der Waals surface area contributed by atoms with Gasteiger partial charge >= 0.3 is 0 Å². The van der Waals surface area contributed by atoms with Crippen LogP contribution in [0.15, 0.2) is 84.9 Å². The van der Waals surface area contributed by atoms with Crippen LogP contribution in [0.5, 0.6) is 0 Å². The average Bonchev–Trinajstić information content (AvgIpc) is 3.19. The minimum absolute atomic E-state index is 0.00444. The molecule has 0 saturated carbocycles. The van der Waals surface area contributed by atoms with Gasteiger partial charge in [0.1, 0.15) is 0 Å². The molecule has 5 rings (SSSR count). The van der Waals surface area contributed by atoms with Gasteiger partial charge in [-0.3, -0.25) is 5.32 Å². The zero-order valence-electron chi connectivity index (χ0n) is 16.3. The van der Waals surface area contributed by atoms with Gasteiger partial charge in [0.05, 0.1) is 12.1 Å². The van der Waals surface area contributed by atoms with Crippen molar-refractivity contribution in [2.24, 2.45) is 5.92 Å². The Hall–Kier alpha value is -2.72. The van der Waals surface area contributed by atoms with Gasteiger partial charge < -0.3 is 10.2 Å². The molecular formula is C26H25NO2. The molecule has 1 aliphatic heterocycles. The highest BCUT2D eigenvalue weighted by atomic mass is 16.3. The maximum absolute atomic E-state index is 10.4. The van der Waals surface area contributed by atoms with E-state index in [2.05, 4.69) is 72.0 Å². The standard InChI is InChI=1S/C26H25NO2/c28-16-19-15-26(17-29,20-9-2-1-3-10-20)27-25(19)24-14-18-8-4-5-11-21(18)22-12-6-7-13-23(22)24/h1-14,19,25,27-29H,15-17H2/t19-,25-,26+/m1/s1. The molecule has 1 aliphatic rings. The van der Waals surface area contributed by atoms with Crippen LogP contribution in [0, 0.1) is 5.92 Å². The summed E-state index contributed by atoms with van der Waals surface area (Å²) in [6, 6.07) is 29.2. The molecule has 4 aromatic carbocycles. The molecule has 3 nitrogen and oxygen atoms in total. The summed E-state index contributed by atoms with van der Waals surface area (Å²) >= 11 is 0. The largest absolute Gasteiger partial charge is 0.396 e. The van der Waals surface area contributed by atoms with Crippen molar-refractivity contribution in [2.75, 3.05) is 13.2 Å². The quantitative estimate of drug-likeness (QED) is 0.454. The van der Waals surface area contributed by atoms with Gasteiger partial charge in [-0.15, -0.1) is 0 Å². The number of benzene rings is 4. The predicted octanol–water partition coefficient (Wildman–Crippen LogP) is 4.52. The first-order valence-electron chi connectivity index (χ1n) is 10.2. The summed E-state index contributed by atoms with van der Waals surface area (Å²) in [7, 11) is 0. The lowest BCUT2D eigenvalue weighted by atomic mass is 9.84. The molecule has 1 heterocycles. The Balaban J connectivity index is 1.69. The highest BCUT2D eigenvalue weighted by molar-refractivity contribution is 6.09. The predicted molar refractivity (Wildman–Crippen MR) is 118 cm³/mol. The molecule has 0 unspecified atom stereocenters. The maximum Gasteiger partial charge on any atom is 0.0678 e. The molecular weight excluding hydrogens is 358 g/mol. The van der Waals surface area contributed by atoms with E-state index < -0.39 is 5.54 Å². The van der Waals surface area contributed by atoms with Crippen molar-refractivity contribution < 1.29 is 10.2 Å². The molecule has 0 bridgehead atoms. The lowest BCUT2D eigenvalue weighted by Crippen LogP contribution is -2.41. The molecule has 29 heavy (non-hydrogen) atoms. The van der Waals surface area contributed by atoms with Gasteiger partial charge in [0.2, 0.25) is 0 Å². The molecule has 0 spiro atoms. The van der Waals surface area contributed by atoms with E-state index in [0.717, 1.165) is 5.56 Å². The van der Waals surface area contributed by atoms with E-state index in [4.69, 9.17) is 0 Å². The first kappa shape index (κ1) is 18.3. The van der Waals surface area contributed by atoms with E-state index in [1.165, 1.54) is 27.1 Å². The zero-order chi connectivity index (χ0) is 19.8. The summed E-state index contributed by atoms with van der Waals surface area (Å²) in [5.41, 5.74) is 1.70. The van der Waals surface area contributed by atoms with Crippen molar-refractivity contribution in [3.63, 3.8) is 0 Å². The summed E-state index contributed by atoms with van der Waals surface area (Å²) in [6.45, 7) is 0.0724. The first-order valence-corrected chi connectivity index (χ1v) is 10.2. The summed E-state index contributed by atoms with van der Waals surface area (Å²) in [5.74, 6) is 0.0203. The molecule has 0 aliphatic carbocycles. The van der Waals surface area contributed by atoms with E-state index >= 15 is 0 Å². The van der Waals surface area contributed by atoms with Gasteiger partial charge in [-0.05, 0) is 45.2 Å². The smallest absolute Gasteiger partial charge is 0.0678 e. The van der Waals surface area contributed by atoms with Crippen LogP contribution in [0.1, 0.15) is 23.6 Å². The molecule has 3 N–H and O–H groups in total.